The van der Waals surface area contributed by atoms with Crippen molar-refractivity contribution in [3.63, 3.8) is 0 Å². The van der Waals surface area contributed by atoms with Crippen molar-refractivity contribution in [3.8, 4) is 23.1 Å². The van der Waals surface area contributed by atoms with Gasteiger partial charge in [0.2, 0.25) is 5.88 Å². The second-order valence-corrected chi connectivity index (χ2v) is 7.68. The third-order valence-electron chi connectivity index (χ3n) is 5.35. The van der Waals surface area contributed by atoms with Crippen molar-refractivity contribution in [2.45, 2.75) is 32.9 Å². The van der Waals surface area contributed by atoms with Gasteiger partial charge in [-0.2, -0.15) is 5.10 Å². The van der Waals surface area contributed by atoms with Gasteiger partial charge >= 0.3 is 0 Å². The normalized spacial score (nSPS) is 12.2. The highest BCUT2D eigenvalue weighted by atomic mass is 16.5. The molecule has 1 aromatic heterocycles. The zero-order valence-electron chi connectivity index (χ0n) is 19.3. The van der Waals surface area contributed by atoms with Crippen LogP contribution >= 0.6 is 0 Å². The molecule has 1 atom stereocenters. The average molecular weight is 440 g/mol. The van der Waals surface area contributed by atoms with Crippen LogP contribution in [0.4, 0.5) is 0 Å². The van der Waals surface area contributed by atoms with Crippen LogP contribution in [0.5, 0.6) is 17.4 Å². The van der Waals surface area contributed by atoms with E-state index < -0.39 is 6.10 Å². The van der Waals surface area contributed by atoms with Crippen LogP contribution in [0.15, 0.2) is 54.6 Å². The summed E-state index contributed by atoms with van der Waals surface area (Å²) in [7, 11) is 3.33. The molecular weight excluding hydrogens is 406 g/mol. The van der Waals surface area contributed by atoms with Crippen molar-refractivity contribution in [1.29, 1.82) is 0 Å². The molecule has 0 spiro atoms. The quantitative estimate of drug-likeness (QED) is 0.456. The Bertz CT molecular complexity index is 957. The highest BCUT2D eigenvalue weighted by Crippen LogP contribution is 2.32. The molecule has 0 aliphatic carbocycles. The lowest BCUT2D eigenvalue weighted by molar-refractivity contribution is 0.0825. The third kappa shape index (κ3) is 6.09. The Kier molecular flexibility index (Phi) is 8.67. The molecule has 172 valence electrons. The van der Waals surface area contributed by atoms with Crippen LogP contribution in [-0.4, -0.2) is 59.8 Å². The molecule has 1 heterocycles. The molecule has 3 aromatic rings. The molecule has 0 amide bonds. The maximum Gasteiger partial charge on any atom is 0.227 e. The number of ether oxygens (including phenoxy) is 3. The summed E-state index contributed by atoms with van der Waals surface area (Å²) in [5.74, 6) is 2.12. The molecule has 0 saturated heterocycles. The molecule has 7 nitrogen and oxygen atoms in total. The third-order valence-corrected chi connectivity index (χ3v) is 5.35. The number of rotatable bonds is 12. The Morgan fingerprint density at radius 3 is 2.34 bits per heavy atom. The van der Waals surface area contributed by atoms with Crippen molar-refractivity contribution in [1.82, 2.24) is 14.7 Å². The zero-order chi connectivity index (χ0) is 22.9. The van der Waals surface area contributed by atoms with E-state index in [1.165, 1.54) is 0 Å². The minimum absolute atomic E-state index is 0.401. The number of aryl methyl sites for hydroxylation is 1. The van der Waals surface area contributed by atoms with E-state index in [2.05, 4.69) is 4.90 Å². The Labute approximate surface area is 190 Å². The molecule has 7 heteroatoms. The number of hydrogen-bond donors (Lipinski definition) is 1. The van der Waals surface area contributed by atoms with E-state index in [1.807, 2.05) is 73.1 Å². The van der Waals surface area contributed by atoms with E-state index >= 15 is 0 Å². The van der Waals surface area contributed by atoms with Crippen LogP contribution in [-0.2, 0) is 11.3 Å². The van der Waals surface area contributed by atoms with Gasteiger partial charge in [0, 0.05) is 26.7 Å². The van der Waals surface area contributed by atoms with Gasteiger partial charge in [0.15, 0.2) is 0 Å². The van der Waals surface area contributed by atoms with Crippen molar-refractivity contribution in [2.75, 3.05) is 33.9 Å². The fourth-order valence-electron chi connectivity index (χ4n) is 3.43. The van der Waals surface area contributed by atoms with Gasteiger partial charge in [-0.15, -0.1) is 0 Å². The standard InChI is InChI=1S/C25H33N3O4/c1-5-21(29)17-27(15-16-30-3)18-24-19(2)26-28(20-9-7-6-8-10-20)25(24)32-23-13-11-22(31-4)12-14-23/h6-14,21,29H,5,15-18H2,1-4H3/t21-/m0/s1. The highest BCUT2D eigenvalue weighted by Gasteiger charge is 2.22. The first-order chi connectivity index (χ1) is 15.5. The van der Waals surface area contributed by atoms with Gasteiger partial charge in [-0.3, -0.25) is 4.90 Å². The maximum absolute atomic E-state index is 10.3. The summed E-state index contributed by atoms with van der Waals surface area (Å²) >= 11 is 0. The van der Waals surface area contributed by atoms with Gasteiger partial charge in [0.25, 0.3) is 0 Å². The summed E-state index contributed by atoms with van der Waals surface area (Å²) in [5, 5.41) is 15.1. The number of aromatic nitrogens is 2. The van der Waals surface area contributed by atoms with Crippen LogP contribution in [0.25, 0.3) is 5.69 Å². The fraction of sp³-hybridized carbons (Fsp3) is 0.400. The molecule has 0 saturated carbocycles. The Balaban J connectivity index is 1.98. The van der Waals surface area contributed by atoms with Crippen LogP contribution in [0, 0.1) is 6.92 Å². The SMILES string of the molecule is CC[C@H](O)CN(CCOC)Cc1c(C)nn(-c2ccccc2)c1Oc1ccc(OC)cc1. The van der Waals surface area contributed by atoms with Crippen molar-refractivity contribution < 1.29 is 19.3 Å². The lowest BCUT2D eigenvalue weighted by atomic mass is 10.2. The summed E-state index contributed by atoms with van der Waals surface area (Å²) in [6, 6.07) is 17.4. The molecule has 0 bridgehead atoms. The number of para-hydroxylation sites is 1. The van der Waals surface area contributed by atoms with E-state index in [4.69, 9.17) is 19.3 Å². The fourth-order valence-corrected chi connectivity index (χ4v) is 3.43. The highest BCUT2D eigenvalue weighted by molar-refractivity contribution is 5.44. The van der Waals surface area contributed by atoms with Crippen molar-refractivity contribution in [2.24, 2.45) is 0 Å². The van der Waals surface area contributed by atoms with Crippen LogP contribution < -0.4 is 9.47 Å². The van der Waals surface area contributed by atoms with Gasteiger partial charge in [0.1, 0.15) is 11.5 Å². The predicted molar refractivity (Wildman–Crippen MR) is 125 cm³/mol. The largest absolute Gasteiger partial charge is 0.497 e. The smallest absolute Gasteiger partial charge is 0.227 e. The van der Waals surface area contributed by atoms with Gasteiger partial charge in [-0.05, 0) is 49.7 Å². The molecule has 32 heavy (non-hydrogen) atoms. The van der Waals surface area contributed by atoms with Gasteiger partial charge in [0.05, 0.1) is 36.8 Å². The van der Waals surface area contributed by atoms with Gasteiger partial charge in [-0.1, -0.05) is 25.1 Å². The topological polar surface area (TPSA) is 69.0 Å². The number of nitrogens with zero attached hydrogens (tertiary/aromatic N) is 3. The first-order valence-electron chi connectivity index (χ1n) is 10.9. The lowest BCUT2D eigenvalue weighted by Crippen LogP contribution is -2.34. The maximum atomic E-state index is 10.3. The monoisotopic (exact) mass is 439 g/mol. The Morgan fingerprint density at radius 2 is 1.72 bits per heavy atom. The number of methoxy groups -OCH3 is 2. The van der Waals surface area contributed by atoms with Crippen molar-refractivity contribution >= 4 is 0 Å². The number of aliphatic hydroxyl groups excluding tert-OH is 1. The minimum atomic E-state index is -0.401. The summed E-state index contributed by atoms with van der Waals surface area (Å²) < 4.78 is 18.8. The van der Waals surface area contributed by atoms with E-state index in [0.29, 0.717) is 44.3 Å². The number of aliphatic hydroxyl groups is 1. The van der Waals surface area contributed by atoms with Crippen LogP contribution in [0.3, 0.4) is 0 Å². The predicted octanol–water partition coefficient (Wildman–Crippen LogP) is 4.20. The molecule has 0 aliphatic heterocycles. The molecule has 2 aromatic carbocycles. The molecule has 3 rings (SSSR count). The molecule has 0 aliphatic rings. The second-order valence-electron chi connectivity index (χ2n) is 7.68. The van der Waals surface area contributed by atoms with Gasteiger partial charge < -0.3 is 19.3 Å². The number of benzene rings is 2. The lowest BCUT2D eigenvalue weighted by Gasteiger charge is -2.24. The van der Waals surface area contributed by atoms with E-state index in [-0.39, 0.29) is 0 Å². The second kappa shape index (κ2) is 11.7. The van der Waals surface area contributed by atoms with Crippen molar-refractivity contribution in [3.05, 3.63) is 65.9 Å². The van der Waals surface area contributed by atoms with Crippen LogP contribution in [0.1, 0.15) is 24.6 Å². The van der Waals surface area contributed by atoms with E-state index in [0.717, 1.165) is 22.7 Å². The molecular formula is C25H33N3O4. The van der Waals surface area contributed by atoms with E-state index in [1.54, 1.807) is 14.2 Å². The minimum Gasteiger partial charge on any atom is -0.497 e. The summed E-state index contributed by atoms with van der Waals surface area (Å²) in [4.78, 5) is 2.18. The van der Waals surface area contributed by atoms with E-state index in [9.17, 15) is 5.11 Å². The molecule has 0 fully saturated rings. The molecule has 0 radical (unpaired) electrons. The summed E-state index contributed by atoms with van der Waals surface area (Å²) in [5.41, 5.74) is 2.78. The molecule has 1 N–H and O–H groups in total. The molecule has 0 unspecified atom stereocenters. The first-order valence-corrected chi connectivity index (χ1v) is 10.9. The Morgan fingerprint density at radius 1 is 1.03 bits per heavy atom. The first kappa shape index (κ1) is 23.8. The zero-order valence-corrected chi connectivity index (χ0v) is 19.3. The summed E-state index contributed by atoms with van der Waals surface area (Å²) in [6.45, 7) is 6.39. The average Bonchev–Trinajstić information content (AvgIpc) is 3.13. The summed E-state index contributed by atoms with van der Waals surface area (Å²) in [6.07, 6.45) is 0.295. The Hall–Kier alpha value is -2.87. The van der Waals surface area contributed by atoms with Gasteiger partial charge in [-0.25, -0.2) is 4.68 Å². The number of hydrogen-bond acceptors (Lipinski definition) is 6. The van der Waals surface area contributed by atoms with Crippen LogP contribution in [0.2, 0.25) is 0 Å².